The van der Waals surface area contributed by atoms with Gasteiger partial charge in [0.15, 0.2) is 5.69 Å². The van der Waals surface area contributed by atoms with Crippen molar-refractivity contribution in [1.29, 1.82) is 0 Å². The van der Waals surface area contributed by atoms with E-state index in [0.717, 1.165) is 42.0 Å². The Morgan fingerprint density at radius 2 is 2.22 bits per heavy atom. The molecule has 23 heavy (non-hydrogen) atoms. The molecule has 2 aliphatic heterocycles. The fourth-order valence-corrected chi connectivity index (χ4v) is 3.09. The first-order valence-electron chi connectivity index (χ1n) is 7.59. The Morgan fingerprint density at radius 1 is 1.35 bits per heavy atom. The van der Waals surface area contributed by atoms with Crippen molar-refractivity contribution in [2.75, 3.05) is 13.2 Å². The molecule has 1 unspecified atom stereocenters. The highest BCUT2D eigenvalue weighted by atomic mass is 35.5. The minimum atomic E-state index is -0.130. The van der Waals surface area contributed by atoms with E-state index >= 15 is 0 Å². The van der Waals surface area contributed by atoms with Crippen LogP contribution in [0, 0.1) is 0 Å². The third-order valence-electron chi connectivity index (χ3n) is 4.24. The molecule has 2 aliphatic rings. The highest BCUT2D eigenvalue weighted by Crippen LogP contribution is 2.24. The molecule has 2 aromatic rings. The summed E-state index contributed by atoms with van der Waals surface area (Å²) in [6.45, 7) is 2.11. The lowest BCUT2D eigenvalue weighted by Crippen LogP contribution is -2.43. The molecule has 1 aromatic heterocycles. The Balaban J connectivity index is 0.00000156. The summed E-state index contributed by atoms with van der Waals surface area (Å²) in [6.07, 6.45) is 1.67. The summed E-state index contributed by atoms with van der Waals surface area (Å²) in [5.74, 6) is 0.781. The molecule has 0 bridgehead atoms. The van der Waals surface area contributed by atoms with Crippen LogP contribution in [0.2, 0.25) is 0 Å². The average Bonchev–Trinajstić information content (AvgIpc) is 2.99. The maximum atomic E-state index is 12.5. The first-order valence-corrected chi connectivity index (χ1v) is 7.59. The van der Waals surface area contributed by atoms with Crippen molar-refractivity contribution in [2.24, 2.45) is 0 Å². The predicted octanol–water partition coefficient (Wildman–Crippen LogP) is 1.21. The molecule has 3 heterocycles. The maximum absolute atomic E-state index is 12.5. The van der Waals surface area contributed by atoms with Crippen LogP contribution in [0.5, 0.6) is 5.75 Å². The lowest BCUT2D eigenvalue weighted by atomic mass is 10.0. The topological polar surface area (TPSA) is 79.0 Å². The van der Waals surface area contributed by atoms with Crippen LogP contribution >= 0.6 is 12.4 Å². The van der Waals surface area contributed by atoms with E-state index in [1.54, 1.807) is 0 Å². The van der Waals surface area contributed by atoms with Crippen LogP contribution in [0.15, 0.2) is 24.3 Å². The number of H-pyrrole nitrogens is 1. The SMILES string of the molecule is Cl.O=C(NC1COc2ccccc2C1)c1n[nH]c2c1CNCC2. The number of halogens is 1. The summed E-state index contributed by atoms with van der Waals surface area (Å²) in [5.41, 5.74) is 3.68. The zero-order chi connectivity index (χ0) is 14.9. The zero-order valence-corrected chi connectivity index (χ0v) is 13.4. The Hall–Kier alpha value is -2.05. The molecule has 122 valence electrons. The van der Waals surface area contributed by atoms with E-state index in [0.29, 0.717) is 18.8 Å². The molecule has 0 saturated carbocycles. The first kappa shape index (κ1) is 15.8. The number of aromatic nitrogens is 2. The maximum Gasteiger partial charge on any atom is 0.272 e. The van der Waals surface area contributed by atoms with Gasteiger partial charge in [0, 0.05) is 30.8 Å². The molecular weight excluding hydrogens is 316 g/mol. The Morgan fingerprint density at radius 3 is 3.13 bits per heavy atom. The van der Waals surface area contributed by atoms with Gasteiger partial charge >= 0.3 is 0 Å². The first-order chi connectivity index (χ1) is 10.8. The number of hydrogen-bond acceptors (Lipinski definition) is 4. The van der Waals surface area contributed by atoms with Crippen molar-refractivity contribution in [3.05, 3.63) is 46.8 Å². The summed E-state index contributed by atoms with van der Waals surface area (Å²) in [7, 11) is 0. The Labute approximate surface area is 140 Å². The molecule has 3 N–H and O–H groups in total. The highest BCUT2D eigenvalue weighted by Gasteiger charge is 2.26. The highest BCUT2D eigenvalue weighted by molar-refractivity contribution is 5.94. The number of amides is 1. The molecule has 4 rings (SSSR count). The quantitative estimate of drug-likeness (QED) is 0.771. The molecule has 0 radical (unpaired) electrons. The summed E-state index contributed by atoms with van der Waals surface area (Å²) >= 11 is 0. The lowest BCUT2D eigenvalue weighted by molar-refractivity contribution is 0.0909. The van der Waals surface area contributed by atoms with Crippen LogP contribution in [0.25, 0.3) is 0 Å². The van der Waals surface area contributed by atoms with Gasteiger partial charge in [-0.15, -0.1) is 12.4 Å². The molecule has 0 aliphatic carbocycles. The van der Waals surface area contributed by atoms with Gasteiger partial charge in [0.25, 0.3) is 5.91 Å². The summed E-state index contributed by atoms with van der Waals surface area (Å²) in [5, 5.41) is 13.5. The zero-order valence-electron chi connectivity index (χ0n) is 12.6. The summed E-state index contributed by atoms with van der Waals surface area (Å²) in [4.78, 5) is 12.5. The minimum absolute atomic E-state index is 0. The third kappa shape index (κ3) is 3.04. The van der Waals surface area contributed by atoms with Crippen molar-refractivity contribution in [1.82, 2.24) is 20.8 Å². The number of nitrogens with one attached hydrogen (secondary N) is 3. The molecule has 6 nitrogen and oxygen atoms in total. The smallest absolute Gasteiger partial charge is 0.272 e. The summed E-state index contributed by atoms with van der Waals surface area (Å²) < 4.78 is 5.71. The molecular formula is C16H19ClN4O2. The van der Waals surface area contributed by atoms with Crippen LogP contribution in [0.4, 0.5) is 0 Å². The Kier molecular flexibility index (Phi) is 4.54. The number of carbonyl (C=O) groups excluding carboxylic acids is 1. The van der Waals surface area contributed by atoms with E-state index in [2.05, 4.69) is 20.8 Å². The van der Waals surface area contributed by atoms with Crippen LogP contribution in [0.3, 0.4) is 0 Å². The van der Waals surface area contributed by atoms with Crippen LogP contribution < -0.4 is 15.4 Å². The molecule has 1 aromatic carbocycles. The second-order valence-electron chi connectivity index (χ2n) is 5.75. The number of hydrogen-bond donors (Lipinski definition) is 3. The van der Waals surface area contributed by atoms with E-state index < -0.39 is 0 Å². The number of nitrogens with zero attached hydrogens (tertiary/aromatic N) is 1. The van der Waals surface area contributed by atoms with Gasteiger partial charge < -0.3 is 15.4 Å². The van der Waals surface area contributed by atoms with E-state index in [1.165, 1.54) is 0 Å². The van der Waals surface area contributed by atoms with Gasteiger partial charge in [0.05, 0.1) is 6.04 Å². The minimum Gasteiger partial charge on any atom is -0.491 e. The summed E-state index contributed by atoms with van der Waals surface area (Å²) in [6, 6.07) is 7.92. The molecule has 1 atom stereocenters. The largest absolute Gasteiger partial charge is 0.491 e. The second kappa shape index (κ2) is 6.60. The normalized spacial score (nSPS) is 18.9. The van der Waals surface area contributed by atoms with Crippen molar-refractivity contribution < 1.29 is 9.53 Å². The predicted molar refractivity (Wildman–Crippen MR) is 88.1 cm³/mol. The molecule has 0 saturated heterocycles. The van der Waals surface area contributed by atoms with Crippen LogP contribution in [-0.2, 0) is 19.4 Å². The standard InChI is InChI=1S/C16H18N4O2.ClH/c21-16(15-12-8-17-6-5-13(12)19-20-15)18-11-7-10-3-1-2-4-14(10)22-9-11;/h1-4,11,17H,5-9H2,(H,18,21)(H,19,20);1H. The van der Waals surface area contributed by atoms with Crippen molar-refractivity contribution in [3.63, 3.8) is 0 Å². The van der Waals surface area contributed by atoms with E-state index in [1.807, 2.05) is 24.3 Å². The number of carbonyl (C=O) groups is 1. The molecule has 1 amide bonds. The van der Waals surface area contributed by atoms with Gasteiger partial charge in [-0.25, -0.2) is 0 Å². The van der Waals surface area contributed by atoms with Crippen molar-refractivity contribution in [2.45, 2.75) is 25.4 Å². The number of ether oxygens (including phenoxy) is 1. The van der Waals surface area contributed by atoms with Crippen LogP contribution in [-0.4, -0.2) is 35.3 Å². The number of benzene rings is 1. The van der Waals surface area contributed by atoms with E-state index in [9.17, 15) is 4.79 Å². The number of rotatable bonds is 2. The number of para-hydroxylation sites is 1. The Bertz CT molecular complexity index is 716. The monoisotopic (exact) mass is 334 g/mol. The van der Waals surface area contributed by atoms with Gasteiger partial charge in [0.1, 0.15) is 12.4 Å². The second-order valence-corrected chi connectivity index (χ2v) is 5.75. The third-order valence-corrected chi connectivity index (χ3v) is 4.24. The number of aromatic amines is 1. The van der Waals surface area contributed by atoms with Gasteiger partial charge in [-0.1, -0.05) is 18.2 Å². The molecule has 7 heteroatoms. The van der Waals surface area contributed by atoms with Crippen molar-refractivity contribution >= 4 is 18.3 Å². The fourth-order valence-electron chi connectivity index (χ4n) is 3.09. The van der Waals surface area contributed by atoms with E-state index in [4.69, 9.17) is 4.74 Å². The fraction of sp³-hybridized carbons (Fsp3) is 0.375. The van der Waals surface area contributed by atoms with Gasteiger partial charge in [0.2, 0.25) is 0 Å². The van der Waals surface area contributed by atoms with Gasteiger partial charge in [-0.05, 0) is 18.1 Å². The van der Waals surface area contributed by atoms with Gasteiger partial charge in [-0.3, -0.25) is 9.89 Å². The average molecular weight is 335 g/mol. The number of fused-ring (bicyclic) bond motifs is 2. The van der Waals surface area contributed by atoms with E-state index in [-0.39, 0.29) is 24.4 Å². The lowest BCUT2D eigenvalue weighted by Gasteiger charge is -2.26. The molecule has 0 spiro atoms. The van der Waals surface area contributed by atoms with Crippen LogP contribution in [0.1, 0.15) is 27.3 Å². The van der Waals surface area contributed by atoms with Gasteiger partial charge in [-0.2, -0.15) is 5.10 Å². The van der Waals surface area contributed by atoms with Crippen molar-refractivity contribution in [3.8, 4) is 5.75 Å². The molecule has 0 fully saturated rings.